The molecule has 0 unspecified atom stereocenters. The summed E-state index contributed by atoms with van der Waals surface area (Å²) in [6.07, 6.45) is 1.15. The van der Waals surface area contributed by atoms with Gasteiger partial charge in [0.1, 0.15) is 11.6 Å². The molecule has 0 aliphatic rings. The van der Waals surface area contributed by atoms with Gasteiger partial charge in [0, 0.05) is 11.6 Å². The molecule has 2 aromatic rings. The lowest BCUT2D eigenvalue weighted by Crippen LogP contribution is -1.93. The molecule has 0 spiro atoms. The topological polar surface area (TPSA) is 30.0 Å². The van der Waals surface area contributed by atoms with E-state index in [1.165, 1.54) is 0 Å². The monoisotopic (exact) mass is 237 g/mol. The van der Waals surface area contributed by atoms with Crippen LogP contribution in [0, 0.1) is 17.5 Å². The molecule has 0 aliphatic heterocycles. The second-order valence-electron chi connectivity index (χ2n) is 3.37. The fourth-order valence-electron chi connectivity index (χ4n) is 1.40. The zero-order valence-electron chi connectivity index (χ0n) is 8.45. The molecular formula is C12H6F3NO. The first-order valence-electron chi connectivity index (χ1n) is 4.67. The Morgan fingerprint density at radius 3 is 2.24 bits per heavy atom. The molecule has 1 heterocycles. The first kappa shape index (κ1) is 11.3. The standard InChI is InChI=1S/C12H6F3NO/c13-9-1-7(2-10(14)4-9)12-3-8(6-17)11(15)5-16-12/h1-6H. The molecule has 0 aliphatic carbocycles. The third-order valence-corrected chi connectivity index (χ3v) is 2.17. The summed E-state index contributed by atoms with van der Waals surface area (Å²) in [6, 6.07) is 3.96. The Kier molecular flexibility index (Phi) is 2.91. The Labute approximate surface area is 94.7 Å². The molecule has 86 valence electrons. The van der Waals surface area contributed by atoms with E-state index >= 15 is 0 Å². The fourth-order valence-corrected chi connectivity index (χ4v) is 1.40. The SMILES string of the molecule is O=Cc1cc(-c2cc(F)cc(F)c2)ncc1F. The molecular weight excluding hydrogens is 231 g/mol. The van der Waals surface area contributed by atoms with Crippen LogP contribution in [0.3, 0.4) is 0 Å². The van der Waals surface area contributed by atoms with Crippen molar-refractivity contribution in [2.45, 2.75) is 0 Å². The lowest BCUT2D eigenvalue weighted by atomic mass is 10.1. The van der Waals surface area contributed by atoms with Crippen molar-refractivity contribution in [1.29, 1.82) is 0 Å². The molecule has 0 bridgehead atoms. The highest BCUT2D eigenvalue weighted by Gasteiger charge is 2.08. The number of nitrogens with zero attached hydrogens (tertiary/aromatic N) is 1. The maximum Gasteiger partial charge on any atom is 0.153 e. The maximum atomic E-state index is 13.0. The minimum Gasteiger partial charge on any atom is -0.298 e. The number of pyridine rings is 1. The van der Waals surface area contributed by atoms with Gasteiger partial charge in [-0.05, 0) is 18.2 Å². The summed E-state index contributed by atoms with van der Waals surface area (Å²) in [5.41, 5.74) is 0.0668. The Hall–Kier alpha value is -2.17. The number of benzene rings is 1. The highest BCUT2D eigenvalue weighted by molar-refractivity contribution is 5.77. The van der Waals surface area contributed by atoms with E-state index in [1.54, 1.807) is 0 Å². The largest absolute Gasteiger partial charge is 0.298 e. The van der Waals surface area contributed by atoms with Crippen LogP contribution in [0.25, 0.3) is 11.3 Å². The van der Waals surface area contributed by atoms with Crippen LogP contribution in [-0.2, 0) is 0 Å². The highest BCUT2D eigenvalue weighted by atomic mass is 19.1. The predicted octanol–water partition coefficient (Wildman–Crippen LogP) is 2.98. The van der Waals surface area contributed by atoms with Gasteiger partial charge in [-0.3, -0.25) is 9.78 Å². The van der Waals surface area contributed by atoms with Crippen molar-refractivity contribution < 1.29 is 18.0 Å². The zero-order chi connectivity index (χ0) is 12.4. The quantitative estimate of drug-likeness (QED) is 0.751. The lowest BCUT2D eigenvalue weighted by Gasteiger charge is -2.03. The summed E-state index contributed by atoms with van der Waals surface area (Å²) in [6.45, 7) is 0. The van der Waals surface area contributed by atoms with Gasteiger partial charge >= 0.3 is 0 Å². The summed E-state index contributed by atoms with van der Waals surface area (Å²) in [7, 11) is 0. The average molecular weight is 237 g/mol. The third-order valence-electron chi connectivity index (χ3n) is 2.17. The van der Waals surface area contributed by atoms with Crippen LogP contribution >= 0.6 is 0 Å². The third kappa shape index (κ3) is 2.33. The van der Waals surface area contributed by atoms with Crippen molar-refractivity contribution in [3.05, 3.63) is 53.5 Å². The van der Waals surface area contributed by atoms with E-state index in [0.29, 0.717) is 12.4 Å². The zero-order valence-corrected chi connectivity index (χ0v) is 8.45. The number of carbonyl (C=O) groups is 1. The second kappa shape index (κ2) is 4.37. The van der Waals surface area contributed by atoms with Gasteiger partial charge in [-0.15, -0.1) is 0 Å². The van der Waals surface area contributed by atoms with E-state index < -0.39 is 17.5 Å². The number of aromatic nitrogens is 1. The van der Waals surface area contributed by atoms with E-state index in [-0.39, 0.29) is 16.8 Å². The molecule has 0 saturated carbocycles. The molecule has 1 aromatic carbocycles. The first-order valence-corrected chi connectivity index (χ1v) is 4.67. The van der Waals surface area contributed by atoms with Gasteiger partial charge in [0.25, 0.3) is 0 Å². The molecule has 0 saturated heterocycles. The maximum absolute atomic E-state index is 13.0. The number of hydrogen-bond acceptors (Lipinski definition) is 2. The first-order chi connectivity index (χ1) is 8.10. The molecule has 17 heavy (non-hydrogen) atoms. The summed E-state index contributed by atoms with van der Waals surface area (Å²) in [4.78, 5) is 14.2. The molecule has 0 fully saturated rings. The molecule has 0 amide bonds. The summed E-state index contributed by atoms with van der Waals surface area (Å²) >= 11 is 0. The van der Waals surface area contributed by atoms with Crippen molar-refractivity contribution in [1.82, 2.24) is 4.98 Å². The summed E-state index contributed by atoms with van der Waals surface area (Å²) in [5.74, 6) is -2.31. The lowest BCUT2D eigenvalue weighted by molar-refractivity contribution is 0.111. The van der Waals surface area contributed by atoms with E-state index in [2.05, 4.69) is 4.98 Å². The van der Waals surface area contributed by atoms with E-state index in [1.807, 2.05) is 0 Å². The predicted molar refractivity (Wildman–Crippen MR) is 54.9 cm³/mol. The van der Waals surface area contributed by atoms with Gasteiger partial charge in [0.05, 0.1) is 17.5 Å². The smallest absolute Gasteiger partial charge is 0.153 e. The van der Waals surface area contributed by atoms with Gasteiger partial charge in [-0.1, -0.05) is 0 Å². The van der Waals surface area contributed by atoms with Crippen LogP contribution in [0.2, 0.25) is 0 Å². The Balaban J connectivity index is 2.56. The summed E-state index contributed by atoms with van der Waals surface area (Å²) < 4.78 is 38.9. The van der Waals surface area contributed by atoms with Crippen LogP contribution < -0.4 is 0 Å². The molecule has 0 radical (unpaired) electrons. The van der Waals surface area contributed by atoms with Gasteiger partial charge in [-0.25, -0.2) is 13.2 Å². The van der Waals surface area contributed by atoms with Gasteiger partial charge in [0.2, 0.25) is 0 Å². The van der Waals surface area contributed by atoms with Crippen molar-refractivity contribution >= 4 is 6.29 Å². The molecule has 2 nitrogen and oxygen atoms in total. The van der Waals surface area contributed by atoms with E-state index in [9.17, 15) is 18.0 Å². The molecule has 0 atom stereocenters. The van der Waals surface area contributed by atoms with Crippen molar-refractivity contribution in [2.75, 3.05) is 0 Å². The second-order valence-corrected chi connectivity index (χ2v) is 3.37. The van der Waals surface area contributed by atoms with Crippen molar-refractivity contribution in [2.24, 2.45) is 0 Å². The molecule has 1 aromatic heterocycles. The summed E-state index contributed by atoms with van der Waals surface area (Å²) in [5, 5.41) is 0. The van der Waals surface area contributed by atoms with Crippen molar-refractivity contribution in [3.8, 4) is 11.3 Å². The fraction of sp³-hybridized carbons (Fsp3) is 0. The van der Waals surface area contributed by atoms with Gasteiger partial charge < -0.3 is 0 Å². The number of halogens is 3. The average Bonchev–Trinajstić information content (AvgIpc) is 2.28. The number of rotatable bonds is 2. The van der Waals surface area contributed by atoms with Crippen LogP contribution in [0.15, 0.2) is 30.5 Å². The van der Waals surface area contributed by atoms with E-state index in [4.69, 9.17) is 0 Å². The Morgan fingerprint density at radius 2 is 1.65 bits per heavy atom. The van der Waals surface area contributed by atoms with Crippen LogP contribution in [0.4, 0.5) is 13.2 Å². The van der Waals surface area contributed by atoms with Crippen molar-refractivity contribution in [3.63, 3.8) is 0 Å². The Morgan fingerprint density at radius 1 is 1.00 bits per heavy atom. The number of carbonyl (C=O) groups excluding carboxylic acids is 1. The van der Waals surface area contributed by atoms with Crippen LogP contribution in [0.5, 0.6) is 0 Å². The normalized spacial score (nSPS) is 10.3. The van der Waals surface area contributed by atoms with Gasteiger partial charge in [0.15, 0.2) is 12.1 Å². The molecule has 5 heteroatoms. The van der Waals surface area contributed by atoms with Crippen LogP contribution in [0.1, 0.15) is 10.4 Å². The minimum atomic E-state index is -0.777. The highest BCUT2D eigenvalue weighted by Crippen LogP contribution is 2.21. The Bertz CT molecular complexity index is 564. The minimum absolute atomic E-state index is 0.131. The molecule has 0 N–H and O–H groups in total. The van der Waals surface area contributed by atoms with Crippen LogP contribution in [-0.4, -0.2) is 11.3 Å². The number of hydrogen-bond donors (Lipinski definition) is 0. The number of aldehydes is 1. The molecule has 2 rings (SSSR count). The van der Waals surface area contributed by atoms with Gasteiger partial charge in [-0.2, -0.15) is 0 Å². The van der Waals surface area contributed by atoms with E-state index in [0.717, 1.165) is 24.4 Å².